The van der Waals surface area contributed by atoms with Gasteiger partial charge >= 0.3 is 5.97 Å². The summed E-state index contributed by atoms with van der Waals surface area (Å²) >= 11 is 6.05. The van der Waals surface area contributed by atoms with Gasteiger partial charge in [-0.1, -0.05) is 55.3 Å². The molecule has 2 aromatic heterocycles. The van der Waals surface area contributed by atoms with Crippen LogP contribution in [0.3, 0.4) is 0 Å². The van der Waals surface area contributed by atoms with Crippen LogP contribution in [0.4, 0.5) is 0 Å². The van der Waals surface area contributed by atoms with Crippen LogP contribution in [0.5, 0.6) is 0 Å². The Balaban J connectivity index is 0.000000371. The molecular formula is C27H28ClN3O4. The minimum absolute atomic E-state index is 0.340. The molecule has 0 amide bonds. The molecule has 4 aromatic rings. The Morgan fingerprint density at radius 1 is 1.17 bits per heavy atom. The fraction of sp³-hybridized carbons (Fsp3) is 0.222. The van der Waals surface area contributed by atoms with Gasteiger partial charge in [0.25, 0.3) is 0 Å². The standard InChI is InChI=1S/C23H24ClN3.C4H4O4/c1-2-3-7-23(26-14-13-25-17-26)21-16-27(22-8-5-4-6-20(21)22)15-18-9-11-19(24)12-10-18;5-3(6)1-2-4(7)8/h4-6,8-14,16-17,23H,2-3,7,15H2,1H3;1-2H,(H,5,6)(H,7,8)/b;2-1-. The molecule has 8 heteroatoms. The van der Waals surface area contributed by atoms with Gasteiger partial charge in [0.1, 0.15) is 18.4 Å². The predicted molar refractivity (Wildman–Crippen MR) is 133 cm³/mol. The summed E-state index contributed by atoms with van der Waals surface area (Å²) in [6.45, 7) is 3.10. The fourth-order valence-electron chi connectivity index (χ4n) is 3.96. The zero-order valence-corrected chi connectivity index (χ0v) is 20.2. The van der Waals surface area contributed by atoms with Crippen molar-refractivity contribution in [3.63, 3.8) is 0 Å². The Morgan fingerprint density at radius 3 is 2.51 bits per heavy atom. The summed E-state index contributed by atoms with van der Waals surface area (Å²) in [5, 5.41) is 19.3. The number of aromatic nitrogens is 3. The number of benzene rings is 2. The van der Waals surface area contributed by atoms with Crippen molar-refractivity contribution in [3.05, 3.63) is 102 Å². The Morgan fingerprint density at radius 2 is 1.91 bits per heavy atom. The van der Waals surface area contributed by atoms with Crippen molar-refractivity contribution in [2.45, 2.75) is 38.8 Å². The van der Waals surface area contributed by atoms with E-state index in [1.54, 1.807) is 0 Å². The number of carbonyl (C=O) groups is 2. The molecule has 1 atom stereocenters. The van der Waals surface area contributed by atoms with Crippen molar-refractivity contribution < 1.29 is 24.4 Å². The normalized spacial score (nSPS) is 11.8. The minimum atomic E-state index is -1.51. The highest BCUT2D eigenvalue weighted by Crippen LogP contribution is 2.30. The van der Waals surface area contributed by atoms with E-state index in [-0.39, 0.29) is 0 Å². The molecule has 0 aliphatic carbocycles. The number of nitrogens with zero attached hydrogens (tertiary/aromatic N) is 2. The van der Waals surface area contributed by atoms with E-state index < -0.39 is 11.9 Å². The number of carboxylic acid groups (broad SMARTS) is 2. The number of carbonyl (C=O) groups excluding carboxylic acids is 1. The van der Waals surface area contributed by atoms with Gasteiger partial charge in [-0.25, -0.2) is 9.36 Å². The van der Waals surface area contributed by atoms with Gasteiger partial charge in [0.2, 0.25) is 6.33 Å². The third-order valence-electron chi connectivity index (χ3n) is 5.56. The largest absolute Gasteiger partial charge is 0.545 e. The quantitative estimate of drug-likeness (QED) is 0.270. The molecule has 0 aliphatic heterocycles. The number of hydrogen-bond acceptors (Lipinski definition) is 3. The molecule has 0 aliphatic rings. The van der Waals surface area contributed by atoms with Gasteiger partial charge in [-0.3, -0.25) is 4.98 Å². The summed E-state index contributed by atoms with van der Waals surface area (Å²) < 4.78 is 4.66. The second kappa shape index (κ2) is 12.6. The SMILES string of the molecule is CCCCC(c1cn(Cc2ccc(Cl)cc2)c2ccccc12)[n+]1cc[nH]c1.O=C([O-])/C=C\C(=O)O. The van der Waals surface area contributed by atoms with Crippen LogP contribution >= 0.6 is 11.6 Å². The molecule has 0 radical (unpaired) electrons. The number of rotatable bonds is 9. The summed E-state index contributed by atoms with van der Waals surface area (Å²) in [6, 6.07) is 17.2. The number of imidazole rings is 1. The van der Waals surface area contributed by atoms with Crippen LogP contribution in [-0.2, 0) is 16.1 Å². The number of hydrogen-bond donors (Lipinski definition) is 2. The van der Waals surface area contributed by atoms with Gasteiger partial charge in [-0.05, 0) is 42.7 Å². The third kappa shape index (κ3) is 7.32. The van der Waals surface area contributed by atoms with Gasteiger partial charge < -0.3 is 19.6 Å². The number of unbranched alkanes of at least 4 members (excludes halogenated alkanes) is 1. The number of fused-ring (bicyclic) bond motifs is 1. The molecule has 2 N–H and O–H groups in total. The molecular weight excluding hydrogens is 466 g/mol. The van der Waals surface area contributed by atoms with Crippen molar-refractivity contribution in [1.82, 2.24) is 9.55 Å². The van der Waals surface area contributed by atoms with Crippen molar-refractivity contribution >= 4 is 34.4 Å². The molecule has 0 bridgehead atoms. The average Bonchev–Trinajstić information content (AvgIpc) is 3.50. The lowest BCUT2D eigenvalue weighted by Gasteiger charge is -2.13. The Labute approximate surface area is 208 Å². The molecule has 0 saturated carbocycles. The van der Waals surface area contributed by atoms with E-state index in [9.17, 15) is 14.7 Å². The average molecular weight is 494 g/mol. The first-order valence-electron chi connectivity index (χ1n) is 11.4. The Hall–Kier alpha value is -3.84. The highest BCUT2D eigenvalue weighted by atomic mass is 35.5. The van der Waals surface area contributed by atoms with E-state index in [1.165, 1.54) is 34.9 Å². The van der Waals surface area contributed by atoms with E-state index >= 15 is 0 Å². The van der Waals surface area contributed by atoms with Crippen molar-refractivity contribution in [2.24, 2.45) is 0 Å². The topological polar surface area (TPSA) is 102 Å². The van der Waals surface area contributed by atoms with Gasteiger partial charge in [0.05, 0.1) is 5.97 Å². The maximum Gasteiger partial charge on any atom is 0.328 e. The maximum atomic E-state index is 9.53. The molecule has 0 fully saturated rings. The smallest absolute Gasteiger partial charge is 0.328 e. The lowest BCUT2D eigenvalue weighted by atomic mass is 10.0. The van der Waals surface area contributed by atoms with Crippen molar-refractivity contribution in [2.75, 3.05) is 0 Å². The molecule has 0 saturated heterocycles. The van der Waals surface area contributed by atoms with Crippen LogP contribution in [0.25, 0.3) is 10.9 Å². The molecule has 7 nitrogen and oxygen atoms in total. The van der Waals surface area contributed by atoms with Crippen LogP contribution in [-0.4, -0.2) is 26.6 Å². The number of nitrogens with one attached hydrogen (secondary N) is 1. The van der Waals surface area contributed by atoms with Gasteiger partial charge in [-0.2, -0.15) is 0 Å². The van der Waals surface area contributed by atoms with Crippen LogP contribution < -0.4 is 9.67 Å². The summed E-state index contributed by atoms with van der Waals surface area (Å²) in [5.74, 6) is -2.80. The molecule has 4 rings (SSSR count). The van der Waals surface area contributed by atoms with Crippen molar-refractivity contribution in [1.29, 1.82) is 0 Å². The first-order valence-corrected chi connectivity index (χ1v) is 11.7. The number of carboxylic acids is 2. The number of H-pyrrole nitrogens is 1. The van der Waals surface area contributed by atoms with Crippen LogP contribution in [0.15, 0.2) is 85.6 Å². The first-order chi connectivity index (χ1) is 16.9. The second-order valence-corrected chi connectivity index (χ2v) is 8.50. The first kappa shape index (κ1) is 25.8. The van der Waals surface area contributed by atoms with E-state index in [0.29, 0.717) is 18.2 Å². The van der Waals surface area contributed by atoms with Crippen molar-refractivity contribution in [3.8, 4) is 0 Å². The van der Waals surface area contributed by atoms with E-state index in [4.69, 9.17) is 16.7 Å². The third-order valence-corrected chi connectivity index (χ3v) is 5.82. The van der Waals surface area contributed by atoms with Gasteiger partial charge in [0, 0.05) is 40.3 Å². The highest BCUT2D eigenvalue weighted by Gasteiger charge is 2.22. The molecule has 2 heterocycles. The fourth-order valence-corrected chi connectivity index (χ4v) is 4.08. The molecule has 35 heavy (non-hydrogen) atoms. The molecule has 182 valence electrons. The number of para-hydroxylation sites is 1. The lowest BCUT2D eigenvalue weighted by molar-refractivity contribution is -0.713. The van der Waals surface area contributed by atoms with E-state index in [2.05, 4.69) is 76.2 Å². The summed E-state index contributed by atoms with van der Waals surface area (Å²) in [6.07, 6.45) is 13.0. The minimum Gasteiger partial charge on any atom is -0.545 e. The van der Waals surface area contributed by atoms with E-state index in [0.717, 1.165) is 18.0 Å². The monoisotopic (exact) mass is 493 g/mol. The van der Waals surface area contributed by atoms with Crippen LogP contribution in [0.2, 0.25) is 5.02 Å². The molecule has 2 aromatic carbocycles. The summed E-state index contributed by atoms with van der Waals surface area (Å²) in [4.78, 5) is 22.2. The second-order valence-electron chi connectivity index (χ2n) is 8.06. The molecule has 0 spiro atoms. The zero-order valence-electron chi connectivity index (χ0n) is 19.4. The van der Waals surface area contributed by atoms with Crippen LogP contribution in [0, 0.1) is 0 Å². The number of halogens is 1. The lowest BCUT2D eigenvalue weighted by Crippen LogP contribution is -2.37. The maximum absolute atomic E-state index is 9.53. The van der Waals surface area contributed by atoms with Gasteiger partial charge in [0.15, 0.2) is 0 Å². The number of aromatic amines is 1. The zero-order chi connectivity index (χ0) is 25.2. The Kier molecular flexibility index (Phi) is 9.26. The number of aliphatic carboxylic acids is 2. The van der Waals surface area contributed by atoms with Gasteiger partial charge in [-0.15, -0.1) is 0 Å². The van der Waals surface area contributed by atoms with Crippen LogP contribution in [0.1, 0.15) is 43.4 Å². The molecule has 1 unspecified atom stereocenters. The Bertz CT molecular complexity index is 1260. The predicted octanol–water partition coefficient (Wildman–Crippen LogP) is 4.12. The summed E-state index contributed by atoms with van der Waals surface area (Å²) in [5.41, 5.74) is 3.92. The van der Waals surface area contributed by atoms with E-state index in [1.807, 2.05) is 18.3 Å². The summed E-state index contributed by atoms with van der Waals surface area (Å²) in [7, 11) is 0. The highest BCUT2D eigenvalue weighted by molar-refractivity contribution is 6.30.